The van der Waals surface area contributed by atoms with Crippen LogP contribution in [0.25, 0.3) is 0 Å². The lowest BCUT2D eigenvalue weighted by Gasteiger charge is -2.17. The Bertz CT molecular complexity index is 522. The van der Waals surface area contributed by atoms with Gasteiger partial charge >= 0.3 is 0 Å². The fourth-order valence-corrected chi connectivity index (χ4v) is 2.99. The van der Waals surface area contributed by atoms with E-state index in [9.17, 15) is 0 Å². The Kier molecular flexibility index (Phi) is 5.56. The first-order valence-corrected chi connectivity index (χ1v) is 7.94. The monoisotopic (exact) mass is 290 g/mol. The van der Waals surface area contributed by atoms with Crippen LogP contribution in [-0.4, -0.2) is 18.1 Å². The minimum absolute atomic E-state index is 0.219. The maximum absolute atomic E-state index is 5.50. The van der Waals surface area contributed by atoms with E-state index >= 15 is 0 Å². The summed E-state index contributed by atoms with van der Waals surface area (Å²) in [5.41, 5.74) is 1.26. The molecular weight excluding hydrogens is 268 g/mol. The third kappa shape index (κ3) is 3.81. The van der Waals surface area contributed by atoms with Crippen molar-refractivity contribution >= 4 is 11.3 Å². The molecule has 20 heavy (non-hydrogen) atoms. The zero-order valence-electron chi connectivity index (χ0n) is 12.3. The predicted octanol–water partition coefficient (Wildman–Crippen LogP) is 3.94. The second-order valence-corrected chi connectivity index (χ2v) is 5.94. The van der Waals surface area contributed by atoms with E-state index in [0.29, 0.717) is 6.61 Å². The standard InChI is InChI=1S/C16H22N2OS/c1-4-10-17-16(15-11-18-12(3)20-15)13-6-8-14(9-7-13)19-5-2/h6-9,11,16-17H,4-5,10H2,1-3H3. The molecule has 0 radical (unpaired) electrons. The molecule has 3 nitrogen and oxygen atoms in total. The van der Waals surface area contributed by atoms with Gasteiger partial charge in [-0.05, 0) is 44.5 Å². The molecule has 108 valence electrons. The number of nitrogens with one attached hydrogen (secondary N) is 1. The largest absolute Gasteiger partial charge is 0.494 e. The van der Waals surface area contributed by atoms with Crippen molar-refractivity contribution in [3.63, 3.8) is 0 Å². The molecule has 0 aliphatic rings. The van der Waals surface area contributed by atoms with Gasteiger partial charge in [0.05, 0.1) is 17.7 Å². The SMILES string of the molecule is CCCNC(c1ccc(OCC)cc1)c1cnc(C)s1. The molecule has 0 spiro atoms. The second kappa shape index (κ2) is 7.41. The number of ether oxygens (including phenoxy) is 1. The normalized spacial score (nSPS) is 12.3. The van der Waals surface area contributed by atoms with Crippen LogP contribution in [0.5, 0.6) is 5.75 Å². The molecule has 2 aromatic rings. The van der Waals surface area contributed by atoms with Gasteiger partial charge in [-0.25, -0.2) is 4.98 Å². The van der Waals surface area contributed by atoms with Crippen molar-refractivity contribution in [3.05, 3.63) is 45.9 Å². The topological polar surface area (TPSA) is 34.1 Å². The predicted molar refractivity (Wildman–Crippen MR) is 84.6 cm³/mol. The summed E-state index contributed by atoms with van der Waals surface area (Å²) < 4.78 is 5.50. The molecule has 1 aromatic carbocycles. The highest BCUT2D eigenvalue weighted by Gasteiger charge is 2.15. The summed E-state index contributed by atoms with van der Waals surface area (Å²) in [5.74, 6) is 0.922. The van der Waals surface area contributed by atoms with Crippen LogP contribution >= 0.6 is 11.3 Å². The van der Waals surface area contributed by atoms with Gasteiger partial charge in [0, 0.05) is 11.1 Å². The minimum Gasteiger partial charge on any atom is -0.494 e. The van der Waals surface area contributed by atoms with Gasteiger partial charge in [-0.2, -0.15) is 0 Å². The van der Waals surface area contributed by atoms with Gasteiger partial charge in [0.1, 0.15) is 5.75 Å². The molecule has 0 fully saturated rings. The summed E-state index contributed by atoms with van der Waals surface area (Å²) in [7, 11) is 0. The quantitative estimate of drug-likeness (QED) is 0.838. The van der Waals surface area contributed by atoms with Crippen molar-refractivity contribution < 1.29 is 4.74 Å². The molecule has 4 heteroatoms. The van der Waals surface area contributed by atoms with Crippen LogP contribution in [0.4, 0.5) is 0 Å². The highest BCUT2D eigenvalue weighted by atomic mass is 32.1. The maximum atomic E-state index is 5.50. The lowest BCUT2D eigenvalue weighted by atomic mass is 10.1. The van der Waals surface area contributed by atoms with Crippen molar-refractivity contribution in [2.24, 2.45) is 0 Å². The third-order valence-electron chi connectivity index (χ3n) is 3.05. The number of benzene rings is 1. The average Bonchev–Trinajstić information content (AvgIpc) is 2.88. The van der Waals surface area contributed by atoms with Gasteiger partial charge in [0.25, 0.3) is 0 Å². The van der Waals surface area contributed by atoms with E-state index in [1.54, 1.807) is 11.3 Å². The van der Waals surface area contributed by atoms with E-state index in [0.717, 1.165) is 23.7 Å². The second-order valence-electron chi connectivity index (χ2n) is 4.67. The van der Waals surface area contributed by atoms with E-state index in [1.807, 2.05) is 32.2 Å². The lowest BCUT2D eigenvalue weighted by molar-refractivity contribution is 0.340. The smallest absolute Gasteiger partial charge is 0.119 e. The van der Waals surface area contributed by atoms with Crippen LogP contribution in [0.2, 0.25) is 0 Å². The molecule has 2 rings (SSSR count). The molecule has 0 saturated heterocycles. The van der Waals surface area contributed by atoms with Gasteiger partial charge in [0.2, 0.25) is 0 Å². The molecule has 0 aliphatic heterocycles. The van der Waals surface area contributed by atoms with Crippen LogP contribution in [0, 0.1) is 6.92 Å². The Labute approximate surface area is 125 Å². The first-order valence-electron chi connectivity index (χ1n) is 7.13. The Morgan fingerprint density at radius 2 is 2.00 bits per heavy atom. The Hall–Kier alpha value is -1.39. The molecule has 0 aliphatic carbocycles. The molecule has 0 amide bonds. The van der Waals surface area contributed by atoms with E-state index in [-0.39, 0.29) is 6.04 Å². The Morgan fingerprint density at radius 3 is 2.55 bits per heavy atom. The van der Waals surface area contributed by atoms with Crippen LogP contribution in [-0.2, 0) is 0 Å². The van der Waals surface area contributed by atoms with E-state index in [4.69, 9.17) is 4.74 Å². The van der Waals surface area contributed by atoms with Crippen LogP contribution in [0.15, 0.2) is 30.5 Å². The number of hydrogen-bond acceptors (Lipinski definition) is 4. The fourth-order valence-electron chi connectivity index (χ4n) is 2.11. The summed E-state index contributed by atoms with van der Waals surface area (Å²) in [6.07, 6.45) is 3.09. The van der Waals surface area contributed by atoms with E-state index in [2.05, 4.69) is 29.4 Å². The van der Waals surface area contributed by atoms with E-state index in [1.165, 1.54) is 10.4 Å². The third-order valence-corrected chi connectivity index (χ3v) is 4.02. The molecule has 1 N–H and O–H groups in total. The lowest BCUT2D eigenvalue weighted by Crippen LogP contribution is -2.22. The number of nitrogens with zero attached hydrogens (tertiary/aromatic N) is 1. The van der Waals surface area contributed by atoms with Crippen molar-refractivity contribution in [2.45, 2.75) is 33.2 Å². The molecule has 0 bridgehead atoms. The Balaban J connectivity index is 2.21. The number of aryl methyl sites for hydroxylation is 1. The maximum Gasteiger partial charge on any atom is 0.119 e. The number of rotatable bonds is 7. The minimum atomic E-state index is 0.219. The van der Waals surface area contributed by atoms with Crippen molar-refractivity contribution in [1.29, 1.82) is 0 Å². The van der Waals surface area contributed by atoms with Crippen LogP contribution in [0.1, 0.15) is 41.8 Å². The molecule has 1 unspecified atom stereocenters. The highest BCUT2D eigenvalue weighted by molar-refractivity contribution is 7.11. The van der Waals surface area contributed by atoms with Crippen molar-refractivity contribution in [3.8, 4) is 5.75 Å². The molecule has 0 saturated carbocycles. The first-order chi connectivity index (χ1) is 9.74. The summed E-state index contributed by atoms with van der Waals surface area (Å²) in [5, 5.41) is 4.70. The van der Waals surface area contributed by atoms with Crippen molar-refractivity contribution in [2.75, 3.05) is 13.2 Å². The van der Waals surface area contributed by atoms with Gasteiger partial charge in [-0.15, -0.1) is 11.3 Å². The van der Waals surface area contributed by atoms with Crippen LogP contribution in [0.3, 0.4) is 0 Å². The van der Waals surface area contributed by atoms with Crippen LogP contribution < -0.4 is 10.1 Å². The summed E-state index contributed by atoms with van der Waals surface area (Å²) in [6.45, 7) is 7.92. The van der Waals surface area contributed by atoms with Gasteiger partial charge < -0.3 is 10.1 Å². The number of aromatic nitrogens is 1. The summed E-state index contributed by atoms with van der Waals surface area (Å²) in [4.78, 5) is 5.64. The number of thiazole rings is 1. The van der Waals surface area contributed by atoms with Gasteiger partial charge in [-0.1, -0.05) is 19.1 Å². The van der Waals surface area contributed by atoms with Gasteiger partial charge in [0.15, 0.2) is 0 Å². The highest BCUT2D eigenvalue weighted by Crippen LogP contribution is 2.28. The zero-order chi connectivity index (χ0) is 14.4. The fraction of sp³-hybridized carbons (Fsp3) is 0.438. The first kappa shape index (κ1) is 15.0. The Morgan fingerprint density at radius 1 is 1.25 bits per heavy atom. The molecular formula is C16H22N2OS. The van der Waals surface area contributed by atoms with Gasteiger partial charge in [-0.3, -0.25) is 0 Å². The number of hydrogen-bond donors (Lipinski definition) is 1. The summed E-state index contributed by atoms with van der Waals surface area (Å²) in [6, 6.07) is 8.55. The summed E-state index contributed by atoms with van der Waals surface area (Å²) >= 11 is 1.75. The molecule has 1 aromatic heterocycles. The van der Waals surface area contributed by atoms with E-state index < -0.39 is 0 Å². The molecule has 1 heterocycles. The molecule has 1 atom stereocenters. The average molecular weight is 290 g/mol. The van der Waals surface area contributed by atoms with Crippen molar-refractivity contribution in [1.82, 2.24) is 10.3 Å². The zero-order valence-corrected chi connectivity index (χ0v) is 13.2.